The number of ether oxygens (including phenoxy) is 2. The molecule has 0 spiro atoms. The molecule has 0 aromatic rings. The van der Waals surface area contributed by atoms with Gasteiger partial charge in [0.15, 0.2) is 0 Å². The molecule has 0 aromatic carbocycles. The molecule has 7 rings (SSSR count). The van der Waals surface area contributed by atoms with Crippen molar-refractivity contribution in [1.82, 2.24) is 9.80 Å². The summed E-state index contributed by atoms with van der Waals surface area (Å²) in [5, 5.41) is 0. The van der Waals surface area contributed by atoms with Gasteiger partial charge in [-0.15, -0.1) is 0 Å². The summed E-state index contributed by atoms with van der Waals surface area (Å²) in [7, 11) is 0. The number of unbranched alkanes of at least 4 members (excludes halogenated alkanes) is 2. The van der Waals surface area contributed by atoms with Crippen LogP contribution in [-0.2, 0) is 9.47 Å². The first-order chi connectivity index (χ1) is 29.9. The van der Waals surface area contributed by atoms with E-state index in [0.717, 1.165) is 96.8 Å². The number of hydrogen-bond acceptors (Lipinski definition) is 4. The van der Waals surface area contributed by atoms with Gasteiger partial charge in [-0.2, -0.15) is 0 Å². The summed E-state index contributed by atoms with van der Waals surface area (Å²) in [6.07, 6.45) is 39.8. The third-order valence-electron chi connectivity index (χ3n) is 21.0. The molecule has 0 aliphatic heterocycles. The molecule has 7 saturated carbocycles. The predicted molar refractivity (Wildman–Crippen MR) is 265 cm³/mol. The van der Waals surface area contributed by atoms with E-state index in [9.17, 15) is 0 Å². The molecule has 8 atom stereocenters. The fourth-order valence-electron chi connectivity index (χ4n) is 16.1. The smallest absolute Gasteiger partial charge is 0.0576 e. The summed E-state index contributed by atoms with van der Waals surface area (Å²) >= 11 is 0. The first-order valence-electron chi connectivity index (χ1n) is 28.7. The van der Waals surface area contributed by atoms with Crippen LogP contribution in [0.4, 0.5) is 0 Å². The molecule has 0 bridgehead atoms. The molecular weight excluding hydrogens is 757 g/mol. The van der Waals surface area contributed by atoms with Gasteiger partial charge < -0.3 is 9.47 Å². The first kappa shape index (κ1) is 49.7. The third-order valence-corrected chi connectivity index (χ3v) is 21.0. The van der Waals surface area contributed by atoms with Crippen molar-refractivity contribution < 1.29 is 9.47 Å². The molecule has 0 aromatic heterocycles. The van der Waals surface area contributed by atoms with Crippen molar-refractivity contribution in [2.45, 2.75) is 297 Å². The van der Waals surface area contributed by atoms with Crippen molar-refractivity contribution >= 4 is 0 Å². The van der Waals surface area contributed by atoms with E-state index in [2.05, 4.69) is 79.0 Å². The minimum Gasteiger partial charge on any atom is -0.378 e. The summed E-state index contributed by atoms with van der Waals surface area (Å²) < 4.78 is 13.2. The Morgan fingerprint density at radius 3 is 1.03 bits per heavy atom. The fraction of sp³-hybridized carbons (Fsp3) is 1.00. The van der Waals surface area contributed by atoms with E-state index in [-0.39, 0.29) is 0 Å². The van der Waals surface area contributed by atoms with E-state index in [1.54, 1.807) is 0 Å². The largest absolute Gasteiger partial charge is 0.378 e. The SMILES string of the molecule is CCCCOC1CCC(N(C2CCC(C)CC2)C2C3CCC(C(C)(C)CC)CC3C(N(C3CCC(C)CC3)C3CCC(OCCCC)CC3)C3CCC(C(C)(C)CC)CC32)CC1. The van der Waals surface area contributed by atoms with Gasteiger partial charge in [0.1, 0.15) is 0 Å². The average molecular weight is 863 g/mol. The second kappa shape index (κ2) is 22.8. The summed E-state index contributed by atoms with van der Waals surface area (Å²) in [6, 6.07) is 4.65. The Balaban J connectivity index is 1.30. The molecule has 4 heteroatoms. The Hall–Kier alpha value is -0.160. The van der Waals surface area contributed by atoms with E-state index in [1.807, 2.05) is 0 Å². The first-order valence-corrected chi connectivity index (χ1v) is 28.7. The highest BCUT2D eigenvalue weighted by Crippen LogP contribution is 2.61. The molecule has 62 heavy (non-hydrogen) atoms. The molecule has 360 valence electrons. The second-order valence-corrected chi connectivity index (χ2v) is 25.4. The molecule has 0 N–H and O–H groups in total. The lowest BCUT2D eigenvalue weighted by Gasteiger charge is -2.66. The Morgan fingerprint density at radius 2 is 0.726 bits per heavy atom. The van der Waals surface area contributed by atoms with Gasteiger partial charge >= 0.3 is 0 Å². The Morgan fingerprint density at radius 1 is 0.403 bits per heavy atom. The molecule has 7 fully saturated rings. The Bertz CT molecular complexity index is 1180. The Kier molecular flexibility index (Phi) is 18.3. The van der Waals surface area contributed by atoms with Crippen molar-refractivity contribution in [3.8, 4) is 0 Å². The van der Waals surface area contributed by atoms with Crippen molar-refractivity contribution in [3.63, 3.8) is 0 Å². The molecule has 0 radical (unpaired) electrons. The highest BCUT2D eigenvalue weighted by atomic mass is 16.5. The standard InChI is InChI=1S/C58H106N2O2/c1-11-15-37-61-49-31-27-47(28-32-49)59(45-23-17-41(5)18-24-45)55-51-35-21-44(58(9,10)14-4)40-54(51)56(52-36-22-43(39-53(52)55)57(7,8)13-3)60(46-25-19-42(6)20-26-46)48-29-33-50(34-30-48)62-38-16-12-2/h41-56H,11-40H2,1-10H3. The van der Waals surface area contributed by atoms with E-state index >= 15 is 0 Å². The second-order valence-electron chi connectivity index (χ2n) is 25.4. The number of fused-ring (bicyclic) bond motifs is 2. The maximum absolute atomic E-state index is 6.61. The zero-order chi connectivity index (χ0) is 44.0. The highest BCUT2D eigenvalue weighted by Gasteiger charge is 2.60. The zero-order valence-electron chi connectivity index (χ0n) is 43.2. The lowest BCUT2D eigenvalue weighted by atomic mass is 9.48. The van der Waals surface area contributed by atoms with Crippen LogP contribution < -0.4 is 0 Å². The molecule has 0 saturated heterocycles. The van der Waals surface area contributed by atoms with Gasteiger partial charge in [-0.25, -0.2) is 0 Å². The summed E-state index contributed by atoms with van der Waals surface area (Å²) in [4.78, 5) is 6.94. The van der Waals surface area contributed by atoms with Crippen LogP contribution in [0.2, 0.25) is 0 Å². The predicted octanol–water partition coefficient (Wildman–Crippen LogP) is 15.7. The monoisotopic (exact) mass is 863 g/mol. The fourth-order valence-corrected chi connectivity index (χ4v) is 16.1. The molecule has 7 aliphatic rings. The third kappa shape index (κ3) is 11.6. The summed E-state index contributed by atoms with van der Waals surface area (Å²) in [5.74, 6) is 6.93. The molecular formula is C58H106N2O2. The van der Waals surface area contributed by atoms with Gasteiger partial charge in [-0.1, -0.05) is 94.9 Å². The minimum absolute atomic E-state index is 0.430. The minimum atomic E-state index is 0.430. The van der Waals surface area contributed by atoms with E-state index in [4.69, 9.17) is 9.47 Å². The lowest BCUT2D eigenvalue weighted by Crippen LogP contribution is -2.70. The summed E-state index contributed by atoms with van der Waals surface area (Å²) in [6.45, 7) is 27.4. The van der Waals surface area contributed by atoms with Gasteiger partial charge in [-0.05, 0) is 212 Å². The van der Waals surface area contributed by atoms with Gasteiger partial charge in [0.2, 0.25) is 0 Å². The quantitative estimate of drug-likeness (QED) is 0.128. The van der Waals surface area contributed by atoms with Gasteiger partial charge in [-0.3, -0.25) is 9.80 Å². The van der Waals surface area contributed by atoms with E-state index in [0.29, 0.717) is 23.0 Å². The van der Waals surface area contributed by atoms with Crippen LogP contribution in [0.1, 0.15) is 249 Å². The van der Waals surface area contributed by atoms with Crippen LogP contribution >= 0.6 is 0 Å². The molecule has 0 heterocycles. The topological polar surface area (TPSA) is 24.9 Å². The van der Waals surface area contributed by atoms with Crippen LogP contribution in [0.3, 0.4) is 0 Å². The molecule has 4 nitrogen and oxygen atoms in total. The van der Waals surface area contributed by atoms with Crippen LogP contribution in [0, 0.1) is 58.2 Å². The maximum Gasteiger partial charge on any atom is 0.0576 e. The van der Waals surface area contributed by atoms with Crippen molar-refractivity contribution in [1.29, 1.82) is 0 Å². The zero-order valence-corrected chi connectivity index (χ0v) is 43.2. The molecule has 7 aliphatic carbocycles. The van der Waals surface area contributed by atoms with Gasteiger partial charge in [0.25, 0.3) is 0 Å². The molecule has 8 unspecified atom stereocenters. The summed E-state index contributed by atoms with van der Waals surface area (Å²) in [5.41, 5.74) is 0.859. The van der Waals surface area contributed by atoms with Gasteiger partial charge in [0, 0.05) is 49.5 Å². The number of nitrogens with zero attached hydrogens (tertiary/aromatic N) is 2. The number of rotatable bonds is 18. The van der Waals surface area contributed by atoms with Gasteiger partial charge in [0.05, 0.1) is 12.2 Å². The van der Waals surface area contributed by atoms with Crippen molar-refractivity contribution in [3.05, 3.63) is 0 Å². The molecule has 0 amide bonds. The van der Waals surface area contributed by atoms with E-state index in [1.165, 1.54) is 180 Å². The maximum atomic E-state index is 6.61. The average Bonchev–Trinajstić information content (AvgIpc) is 3.29. The van der Waals surface area contributed by atoms with Crippen LogP contribution in [0.15, 0.2) is 0 Å². The normalized spacial score (nSPS) is 41.2. The van der Waals surface area contributed by atoms with Crippen molar-refractivity contribution in [2.24, 2.45) is 58.2 Å². The highest BCUT2D eigenvalue weighted by molar-refractivity contribution is 5.13. The van der Waals surface area contributed by atoms with Crippen molar-refractivity contribution in [2.75, 3.05) is 13.2 Å². The lowest BCUT2D eigenvalue weighted by molar-refractivity contribution is -0.169. The Labute approximate surface area is 386 Å². The van der Waals surface area contributed by atoms with Crippen LogP contribution in [0.5, 0.6) is 0 Å². The van der Waals surface area contributed by atoms with E-state index < -0.39 is 0 Å². The van der Waals surface area contributed by atoms with Crippen LogP contribution in [-0.4, -0.2) is 71.5 Å². The van der Waals surface area contributed by atoms with Crippen LogP contribution in [0.25, 0.3) is 0 Å². The number of hydrogen-bond donors (Lipinski definition) is 0.